The third-order valence-electron chi connectivity index (χ3n) is 5.34. The van der Waals surface area contributed by atoms with Gasteiger partial charge in [-0.15, -0.1) is 0 Å². The Bertz CT molecular complexity index is 1150. The van der Waals surface area contributed by atoms with Gasteiger partial charge < -0.3 is 4.52 Å². The van der Waals surface area contributed by atoms with Crippen molar-refractivity contribution in [1.29, 1.82) is 0 Å². The summed E-state index contributed by atoms with van der Waals surface area (Å²) in [5.74, 6) is 0.915. The molecule has 0 saturated carbocycles. The molecule has 0 amide bonds. The van der Waals surface area contributed by atoms with E-state index < -0.39 is 7.49 Å². The average molecular weight is 405 g/mol. The molecule has 0 aliphatic heterocycles. The molecule has 0 bridgehead atoms. The molecule has 0 unspecified atom stereocenters. The molecule has 2 heteroatoms. The van der Waals surface area contributed by atoms with Crippen LogP contribution in [0.4, 0.5) is 0 Å². The van der Waals surface area contributed by atoms with E-state index in [2.05, 4.69) is 133 Å². The van der Waals surface area contributed by atoms with Gasteiger partial charge in [-0.1, -0.05) is 91.0 Å². The largest absolute Gasteiger partial charge is 0.334 e. The van der Waals surface area contributed by atoms with Crippen LogP contribution >= 0.6 is 7.49 Å². The van der Waals surface area contributed by atoms with E-state index >= 15 is 0 Å². The Morgan fingerprint density at radius 2 is 0.833 bits per heavy atom. The van der Waals surface area contributed by atoms with E-state index in [4.69, 9.17) is 4.52 Å². The maximum Gasteiger partial charge on any atom is 0.287 e. The standard InChI is InChI=1S/C28H22OP/c1-4-15-24(16-5-1)30(25-17-6-2-7-18-25,26-19-8-3-9-20-26)29-28-22-12-14-23-13-10-11-21-27(23)28/h1-22H/q+1. The Labute approximate surface area is 178 Å². The third kappa shape index (κ3) is 3.28. The zero-order valence-corrected chi connectivity index (χ0v) is 17.5. The van der Waals surface area contributed by atoms with Gasteiger partial charge in [0.05, 0.1) is 0 Å². The Balaban J connectivity index is 1.82. The molecule has 5 aromatic rings. The first-order valence-electron chi connectivity index (χ1n) is 10.1. The lowest BCUT2D eigenvalue weighted by molar-refractivity contribution is 0.628. The van der Waals surface area contributed by atoms with Crippen LogP contribution in [0.1, 0.15) is 0 Å². The van der Waals surface area contributed by atoms with Crippen LogP contribution in [0, 0.1) is 0 Å². The van der Waals surface area contributed by atoms with Gasteiger partial charge in [-0.05, 0) is 47.9 Å². The van der Waals surface area contributed by atoms with Gasteiger partial charge in [-0.25, -0.2) is 0 Å². The number of fused-ring (bicyclic) bond motifs is 1. The minimum absolute atomic E-state index is 0.915. The van der Waals surface area contributed by atoms with Crippen LogP contribution in [0.5, 0.6) is 5.75 Å². The summed E-state index contributed by atoms with van der Waals surface area (Å²) < 4.78 is 7.18. The number of rotatable bonds is 5. The molecule has 0 aromatic heterocycles. The van der Waals surface area contributed by atoms with E-state index in [-0.39, 0.29) is 0 Å². The van der Waals surface area contributed by atoms with Gasteiger partial charge >= 0.3 is 0 Å². The van der Waals surface area contributed by atoms with Crippen LogP contribution in [0.2, 0.25) is 0 Å². The van der Waals surface area contributed by atoms with Gasteiger partial charge in [-0.3, -0.25) is 0 Å². The highest BCUT2D eigenvalue weighted by Gasteiger charge is 2.49. The Kier molecular flexibility index (Phi) is 5.05. The smallest absolute Gasteiger partial charge is 0.287 e. The van der Waals surface area contributed by atoms with E-state index in [1.165, 1.54) is 21.3 Å². The SMILES string of the molecule is c1ccc([P+](Oc2cccc3ccccc23)(c2ccccc2)c2ccccc2)cc1. The predicted molar refractivity (Wildman–Crippen MR) is 130 cm³/mol. The second-order valence-electron chi connectivity index (χ2n) is 7.18. The molecule has 144 valence electrons. The Morgan fingerprint density at radius 3 is 1.37 bits per heavy atom. The first kappa shape index (κ1) is 18.6. The summed E-state index contributed by atoms with van der Waals surface area (Å²) in [6, 6.07) is 46.7. The highest BCUT2D eigenvalue weighted by molar-refractivity contribution is 7.92. The summed E-state index contributed by atoms with van der Waals surface area (Å²) in [4.78, 5) is 0. The fourth-order valence-electron chi connectivity index (χ4n) is 3.94. The predicted octanol–water partition coefficient (Wildman–Crippen LogP) is 6.13. The summed E-state index contributed by atoms with van der Waals surface area (Å²) in [5, 5.41) is 5.93. The number of benzene rings is 5. The first-order valence-corrected chi connectivity index (χ1v) is 11.8. The summed E-state index contributed by atoms with van der Waals surface area (Å²) in [6.07, 6.45) is 0. The van der Waals surface area contributed by atoms with Gasteiger partial charge in [0.1, 0.15) is 15.9 Å². The van der Waals surface area contributed by atoms with Crippen molar-refractivity contribution in [2.75, 3.05) is 0 Å². The zero-order valence-electron chi connectivity index (χ0n) is 16.6. The Hall–Kier alpha value is -3.41. The molecule has 0 fully saturated rings. The molecule has 0 radical (unpaired) electrons. The van der Waals surface area contributed by atoms with Crippen LogP contribution in [0.25, 0.3) is 10.8 Å². The van der Waals surface area contributed by atoms with Crippen molar-refractivity contribution in [2.24, 2.45) is 0 Å². The fourth-order valence-corrected chi connectivity index (χ4v) is 7.38. The lowest BCUT2D eigenvalue weighted by Gasteiger charge is -2.26. The van der Waals surface area contributed by atoms with Crippen LogP contribution in [-0.2, 0) is 0 Å². The number of hydrogen-bond donors (Lipinski definition) is 0. The molecule has 0 atom stereocenters. The highest BCUT2D eigenvalue weighted by Crippen LogP contribution is 2.56. The summed E-state index contributed by atoms with van der Waals surface area (Å²) in [7, 11) is -2.38. The molecule has 5 rings (SSSR count). The molecule has 0 heterocycles. The van der Waals surface area contributed by atoms with Crippen LogP contribution in [-0.4, -0.2) is 0 Å². The average Bonchev–Trinajstić information content (AvgIpc) is 2.84. The van der Waals surface area contributed by atoms with Crippen LogP contribution in [0.3, 0.4) is 0 Å². The van der Waals surface area contributed by atoms with Crippen molar-refractivity contribution >= 4 is 34.2 Å². The van der Waals surface area contributed by atoms with Crippen molar-refractivity contribution in [3.8, 4) is 5.75 Å². The molecule has 0 spiro atoms. The summed E-state index contributed by atoms with van der Waals surface area (Å²) in [6.45, 7) is 0. The maximum atomic E-state index is 7.18. The van der Waals surface area contributed by atoms with E-state index in [9.17, 15) is 0 Å². The van der Waals surface area contributed by atoms with Crippen LogP contribution in [0.15, 0.2) is 133 Å². The quantitative estimate of drug-likeness (QED) is 0.320. The van der Waals surface area contributed by atoms with Gasteiger partial charge in [0.2, 0.25) is 0 Å². The van der Waals surface area contributed by atoms with Crippen LogP contribution < -0.4 is 20.4 Å². The molecular weight excluding hydrogens is 383 g/mol. The van der Waals surface area contributed by atoms with Gasteiger partial charge in [-0.2, -0.15) is 0 Å². The first-order chi connectivity index (χ1) is 14.9. The molecule has 5 aromatic carbocycles. The molecule has 0 aliphatic carbocycles. The zero-order chi connectivity index (χ0) is 20.2. The maximum absolute atomic E-state index is 7.18. The van der Waals surface area contributed by atoms with Crippen molar-refractivity contribution in [3.63, 3.8) is 0 Å². The molecule has 1 nitrogen and oxygen atoms in total. The topological polar surface area (TPSA) is 9.23 Å². The van der Waals surface area contributed by atoms with E-state index in [0.717, 1.165) is 11.1 Å². The van der Waals surface area contributed by atoms with Gasteiger partial charge in [0.15, 0.2) is 5.75 Å². The lowest BCUT2D eigenvalue weighted by Crippen LogP contribution is -2.34. The number of hydrogen-bond acceptors (Lipinski definition) is 1. The molecule has 30 heavy (non-hydrogen) atoms. The highest BCUT2D eigenvalue weighted by atomic mass is 31.2. The lowest BCUT2D eigenvalue weighted by atomic mass is 10.1. The van der Waals surface area contributed by atoms with Crippen molar-refractivity contribution < 1.29 is 4.52 Å². The molecule has 0 aliphatic rings. The van der Waals surface area contributed by atoms with Crippen molar-refractivity contribution in [2.45, 2.75) is 0 Å². The van der Waals surface area contributed by atoms with Gasteiger partial charge in [0, 0.05) is 5.39 Å². The second kappa shape index (κ2) is 8.14. The molecule has 0 N–H and O–H groups in total. The monoisotopic (exact) mass is 405 g/mol. The second-order valence-corrected chi connectivity index (χ2v) is 10.1. The summed E-state index contributed by atoms with van der Waals surface area (Å²) >= 11 is 0. The van der Waals surface area contributed by atoms with Crippen molar-refractivity contribution in [1.82, 2.24) is 0 Å². The van der Waals surface area contributed by atoms with Gasteiger partial charge in [0.25, 0.3) is 7.49 Å². The van der Waals surface area contributed by atoms with Crippen molar-refractivity contribution in [3.05, 3.63) is 133 Å². The minimum Gasteiger partial charge on any atom is -0.334 e. The molecular formula is C28H22OP+. The van der Waals surface area contributed by atoms with E-state index in [1.54, 1.807) is 0 Å². The normalized spacial score (nSPS) is 11.3. The summed E-state index contributed by atoms with van der Waals surface area (Å²) in [5.41, 5.74) is 0. The van der Waals surface area contributed by atoms with E-state index in [0.29, 0.717) is 0 Å². The minimum atomic E-state index is -2.38. The third-order valence-corrected chi connectivity index (χ3v) is 8.89. The Morgan fingerprint density at radius 1 is 0.400 bits per heavy atom. The molecule has 0 saturated heterocycles. The van der Waals surface area contributed by atoms with E-state index in [1.807, 2.05) is 0 Å². The fraction of sp³-hybridized carbons (Fsp3) is 0.